The van der Waals surface area contributed by atoms with Crippen molar-refractivity contribution in [3.8, 4) is 11.4 Å². The summed E-state index contributed by atoms with van der Waals surface area (Å²) in [5, 5.41) is 11.9. The Kier molecular flexibility index (Phi) is 6.08. The Morgan fingerprint density at radius 2 is 1.81 bits per heavy atom. The van der Waals surface area contributed by atoms with Gasteiger partial charge in [0, 0.05) is 28.3 Å². The summed E-state index contributed by atoms with van der Waals surface area (Å²) in [6.07, 6.45) is 0. The molecule has 0 saturated carbocycles. The van der Waals surface area contributed by atoms with Gasteiger partial charge in [0.2, 0.25) is 5.91 Å². The number of ketones is 1. The topological polar surface area (TPSA) is 76.9 Å². The molecule has 3 aromatic rings. The number of nitrogens with zero attached hydrogens (tertiary/aromatic N) is 3. The molecule has 6 nitrogen and oxygen atoms in total. The highest BCUT2D eigenvalue weighted by atomic mass is 79.9. The molecular weight excluding hydrogens is 428 g/mol. The molecule has 0 aliphatic rings. The molecule has 0 aliphatic heterocycles. The number of benzene rings is 2. The van der Waals surface area contributed by atoms with Gasteiger partial charge in [-0.25, -0.2) is 0 Å². The van der Waals surface area contributed by atoms with E-state index >= 15 is 0 Å². The van der Waals surface area contributed by atoms with Crippen LogP contribution in [0.5, 0.6) is 0 Å². The zero-order valence-electron chi connectivity index (χ0n) is 14.8. The van der Waals surface area contributed by atoms with Crippen molar-refractivity contribution in [1.29, 1.82) is 0 Å². The largest absolute Gasteiger partial charge is 0.325 e. The Morgan fingerprint density at radius 3 is 2.48 bits per heavy atom. The molecule has 0 spiro atoms. The first-order valence-corrected chi connectivity index (χ1v) is 9.91. The second-order valence-corrected chi connectivity index (χ2v) is 7.61. The molecule has 0 atom stereocenters. The van der Waals surface area contributed by atoms with E-state index in [1.165, 1.54) is 18.7 Å². The number of halogens is 1. The molecule has 1 amide bonds. The van der Waals surface area contributed by atoms with E-state index in [-0.39, 0.29) is 17.4 Å². The minimum absolute atomic E-state index is 0.00780. The van der Waals surface area contributed by atoms with Crippen LogP contribution in [0.4, 0.5) is 5.69 Å². The fraction of sp³-hybridized carbons (Fsp3) is 0.158. The fourth-order valence-corrected chi connectivity index (χ4v) is 3.61. The van der Waals surface area contributed by atoms with Crippen LogP contribution in [-0.2, 0) is 11.8 Å². The summed E-state index contributed by atoms with van der Waals surface area (Å²) >= 11 is 4.83. The number of aromatic nitrogens is 3. The van der Waals surface area contributed by atoms with E-state index in [9.17, 15) is 9.59 Å². The van der Waals surface area contributed by atoms with Crippen molar-refractivity contribution in [3.05, 3.63) is 58.6 Å². The highest BCUT2D eigenvalue weighted by molar-refractivity contribution is 9.10. The lowest BCUT2D eigenvalue weighted by Crippen LogP contribution is -2.14. The monoisotopic (exact) mass is 444 g/mol. The number of hydrogen-bond acceptors (Lipinski definition) is 5. The van der Waals surface area contributed by atoms with Crippen molar-refractivity contribution in [2.75, 3.05) is 11.1 Å². The van der Waals surface area contributed by atoms with Gasteiger partial charge in [0.25, 0.3) is 0 Å². The van der Waals surface area contributed by atoms with Crippen LogP contribution >= 0.6 is 27.7 Å². The van der Waals surface area contributed by atoms with Crippen LogP contribution < -0.4 is 5.32 Å². The molecule has 0 saturated heterocycles. The van der Waals surface area contributed by atoms with Gasteiger partial charge in [-0.3, -0.25) is 9.59 Å². The fourth-order valence-electron chi connectivity index (χ4n) is 2.43. The van der Waals surface area contributed by atoms with Crippen molar-refractivity contribution >= 4 is 45.1 Å². The van der Waals surface area contributed by atoms with Gasteiger partial charge in [-0.2, -0.15) is 0 Å². The molecule has 8 heteroatoms. The zero-order chi connectivity index (χ0) is 19.4. The molecule has 3 rings (SSSR count). The lowest BCUT2D eigenvalue weighted by atomic mass is 10.1. The molecule has 0 radical (unpaired) electrons. The number of rotatable bonds is 6. The number of thioether (sulfide) groups is 1. The van der Waals surface area contributed by atoms with Gasteiger partial charge < -0.3 is 9.88 Å². The van der Waals surface area contributed by atoms with Crippen molar-refractivity contribution in [3.63, 3.8) is 0 Å². The Labute approximate surface area is 169 Å². The smallest absolute Gasteiger partial charge is 0.234 e. The molecule has 27 heavy (non-hydrogen) atoms. The standard InChI is InChI=1S/C19H17BrN4O2S/c1-12(25)13-7-9-14(10-8-13)21-17(26)11-27-19-23-22-18(24(19)2)15-5-3-4-6-16(15)20/h3-10H,11H2,1-2H3,(H,21,26). The number of hydrogen-bond donors (Lipinski definition) is 1. The van der Waals surface area contributed by atoms with Crippen LogP contribution in [0.25, 0.3) is 11.4 Å². The van der Waals surface area contributed by atoms with E-state index in [0.717, 1.165) is 15.9 Å². The Bertz CT molecular complexity index is 986. The van der Waals surface area contributed by atoms with Gasteiger partial charge in [-0.15, -0.1) is 10.2 Å². The molecule has 0 aliphatic carbocycles. The number of carbonyl (C=O) groups is 2. The SMILES string of the molecule is CC(=O)c1ccc(NC(=O)CSc2nnc(-c3ccccc3Br)n2C)cc1. The second kappa shape index (κ2) is 8.49. The van der Waals surface area contributed by atoms with E-state index in [1.54, 1.807) is 24.3 Å². The van der Waals surface area contributed by atoms with Gasteiger partial charge in [0.15, 0.2) is 16.8 Å². The minimum atomic E-state index is -0.152. The normalized spacial score (nSPS) is 10.6. The van der Waals surface area contributed by atoms with Crippen molar-refractivity contribution < 1.29 is 9.59 Å². The molecule has 1 heterocycles. The second-order valence-electron chi connectivity index (χ2n) is 5.82. The van der Waals surface area contributed by atoms with Crippen molar-refractivity contribution in [2.45, 2.75) is 12.1 Å². The molecule has 138 valence electrons. The van der Waals surface area contributed by atoms with Crippen LogP contribution in [0.3, 0.4) is 0 Å². The van der Waals surface area contributed by atoms with E-state index in [0.29, 0.717) is 16.4 Å². The predicted octanol–water partition coefficient (Wildman–Crippen LogP) is 4.18. The lowest BCUT2D eigenvalue weighted by molar-refractivity contribution is -0.113. The van der Waals surface area contributed by atoms with Crippen molar-refractivity contribution in [1.82, 2.24) is 14.8 Å². The van der Waals surface area contributed by atoms with E-state index in [2.05, 4.69) is 31.4 Å². The molecule has 2 aromatic carbocycles. The van der Waals surface area contributed by atoms with Gasteiger partial charge in [-0.05, 0) is 37.3 Å². The van der Waals surface area contributed by atoms with Crippen LogP contribution in [0, 0.1) is 0 Å². The van der Waals surface area contributed by atoms with Gasteiger partial charge in [-0.1, -0.05) is 45.9 Å². The van der Waals surface area contributed by atoms with Gasteiger partial charge >= 0.3 is 0 Å². The van der Waals surface area contributed by atoms with Crippen LogP contribution in [0.2, 0.25) is 0 Å². The third kappa shape index (κ3) is 4.64. The van der Waals surface area contributed by atoms with E-state index < -0.39 is 0 Å². The molecule has 0 fully saturated rings. The first kappa shape index (κ1) is 19.3. The maximum atomic E-state index is 12.2. The van der Waals surface area contributed by atoms with E-state index in [1.807, 2.05) is 35.9 Å². The number of Topliss-reactive ketones (excluding diaryl/α,β-unsaturated/α-hetero) is 1. The number of carbonyl (C=O) groups excluding carboxylic acids is 2. The highest BCUT2D eigenvalue weighted by Gasteiger charge is 2.14. The molecular formula is C19H17BrN4O2S. The van der Waals surface area contributed by atoms with Gasteiger partial charge in [0.05, 0.1) is 5.75 Å². The van der Waals surface area contributed by atoms with Crippen LogP contribution in [0.1, 0.15) is 17.3 Å². The number of nitrogens with one attached hydrogen (secondary N) is 1. The van der Waals surface area contributed by atoms with Gasteiger partial charge in [0.1, 0.15) is 0 Å². The summed E-state index contributed by atoms with van der Waals surface area (Å²) in [5.41, 5.74) is 2.20. The average molecular weight is 445 g/mol. The summed E-state index contributed by atoms with van der Waals surface area (Å²) in [7, 11) is 1.87. The molecule has 0 unspecified atom stereocenters. The zero-order valence-corrected chi connectivity index (χ0v) is 17.2. The third-order valence-corrected chi connectivity index (χ3v) is 5.57. The summed E-state index contributed by atoms with van der Waals surface area (Å²) in [6, 6.07) is 14.6. The predicted molar refractivity (Wildman–Crippen MR) is 110 cm³/mol. The first-order chi connectivity index (χ1) is 13.0. The quantitative estimate of drug-likeness (QED) is 0.455. The summed E-state index contributed by atoms with van der Waals surface area (Å²) in [6.45, 7) is 1.51. The Balaban J connectivity index is 1.62. The first-order valence-electron chi connectivity index (χ1n) is 8.13. The summed E-state index contributed by atoms with van der Waals surface area (Å²) < 4.78 is 2.79. The average Bonchev–Trinajstić information content (AvgIpc) is 3.01. The summed E-state index contributed by atoms with van der Waals surface area (Å²) in [4.78, 5) is 23.5. The Morgan fingerprint density at radius 1 is 1.11 bits per heavy atom. The maximum Gasteiger partial charge on any atom is 0.234 e. The number of anilines is 1. The molecule has 1 aromatic heterocycles. The highest BCUT2D eigenvalue weighted by Crippen LogP contribution is 2.28. The lowest BCUT2D eigenvalue weighted by Gasteiger charge is -2.07. The summed E-state index contributed by atoms with van der Waals surface area (Å²) in [5.74, 6) is 0.772. The Hall–Kier alpha value is -2.45. The molecule has 0 bridgehead atoms. The van der Waals surface area contributed by atoms with Crippen LogP contribution in [0.15, 0.2) is 58.2 Å². The molecule has 1 N–H and O–H groups in total. The van der Waals surface area contributed by atoms with Crippen molar-refractivity contribution in [2.24, 2.45) is 7.05 Å². The minimum Gasteiger partial charge on any atom is -0.325 e. The third-order valence-electron chi connectivity index (χ3n) is 3.86. The van der Waals surface area contributed by atoms with Crippen LogP contribution in [-0.4, -0.2) is 32.2 Å². The maximum absolute atomic E-state index is 12.2. The number of amides is 1. The van der Waals surface area contributed by atoms with E-state index in [4.69, 9.17) is 0 Å².